The summed E-state index contributed by atoms with van der Waals surface area (Å²) in [6.07, 6.45) is 1.36. The van der Waals surface area contributed by atoms with Crippen molar-refractivity contribution in [3.8, 4) is 6.07 Å². The maximum atomic E-state index is 8.70. The average molecular weight is 169 g/mol. The number of halogens is 1. The lowest BCUT2D eigenvalue weighted by Gasteiger charge is -1.97. The zero-order valence-electron chi connectivity index (χ0n) is 5.58. The van der Waals surface area contributed by atoms with E-state index in [1.165, 1.54) is 12.3 Å². The first-order chi connectivity index (χ1) is 5.27. The highest BCUT2D eigenvalue weighted by Crippen LogP contribution is 2.13. The lowest BCUT2D eigenvalue weighted by atomic mass is 10.2. The van der Waals surface area contributed by atoms with Crippen molar-refractivity contribution in [2.45, 2.75) is 6.61 Å². The fourth-order valence-electron chi connectivity index (χ4n) is 0.666. The molecular weight excluding hydrogens is 164 g/mol. The first-order valence-corrected chi connectivity index (χ1v) is 3.31. The fraction of sp³-hybridized carbons (Fsp3) is 0.143. The number of nitrogens with zero attached hydrogens (tertiary/aromatic N) is 2. The first-order valence-electron chi connectivity index (χ1n) is 2.93. The molecule has 0 spiro atoms. The smallest absolute Gasteiger partial charge is 0.134 e. The van der Waals surface area contributed by atoms with Crippen LogP contribution >= 0.6 is 11.6 Å². The highest BCUT2D eigenvalue weighted by atomic mass is 35.5. The first kappa shape index (κ1) is 7.99. The summed E-state index contributed by atoms with van der Waals surface area (Å²) in [7, 11) is 0. The minimum absolute atomic E-state index is 0.193. The molecule has 0 aliphatic rings. The van der Waals surface area contributed by atoms with Crippen molar-refractivity contribution < 1.29 is 5.11 Å². The maximum absolute atomic E-state index is 8.70. The largest absolute Gasteiger partial charge is 0.392 e. The molecule has 0 bridgehead atoms. The van der Waals surface area contributed by atoms with Crippen molar-refractivity contribution in [3.63, 3.8) is 0 Å². The monoisotopic (exact) mass is 168 g/mol. The Balaban J connectivity index is 3.15. The summed E-state index contributed by atoms with van der Waals surface area (Å²) in [4.78, 5) is 3.70. The van der Waals surface area contributed by atoms with Crippen molar-refractivity contribution in [1.29, 1.82) is 5.26 Å². The molecule has 0 aromatic carbocycles. The molecule has 1 aromatic heterocycles. The Morgan fingerprint density at radius 3 is 3.00 bits per heavy atom. The van der Waals surface area contributed by atoms with Gasteiger partial charge in [0, 0.05) is 11.8 Å². The Kier molecular flexibility index (Phi) is 2.42. The van der Waals surface area contributed by atoms with Crippen molar-refractivity contribution in [2.24, 2.45) is 0 Å². The number of hydrogen-bond donors (Lipinski definition) is 1. The molecule has 4 heteroatoms. The molecule has 0 saturated heterocycles. The van der Waals surface area contributed by atoms with Gasteiger partial charge in [0.05, 0.1) is 12.2 Å². The van der Waals surface area contributed by atoms with Gasteiger partial charge in [-0.15, -0.1) is 0 Å². The number of aliphatic hydroxyl groups excluding tert-OH is 1. The van der Waals surface area contributed by atoms with Gasteiger partial charge < -0.3 is 5.11 Å². The predicted octanol–water partition coefficient (Wildman–Crippen LogP) is 1.10. The van der Waals surface area contributed by atoms with Crippen molar-refractivity contribution in [1.82, 2.24) is 4.98 Å². The van der Waals surface area contributed by atoms with E-state index in [-0.39, 0.29) is 11.8 Å². The highest BCUT2D eigenvalue weighted by Gasteiger charge is 2.00. The van der Waals surface area contributed by atoms with Crippen LogP contribution in [0.25, 0.3) is 0 Å². The van der Waals surface area contributed by atoms with E-state index in [9.17, 15) is 0 Å². The van der Waals surface area contributed by atoms with Gasteiger partial charge in [-0.05, 0) is 6.07 Å². The van der Waals surface area contributed by atoms with E-state index in [4.69, 9.17) is 22.0 Å². The molecule has 11 heavy (non-hydrogen) atoms. The molecule has 0 saturated carbocycles. The molecule has 0 fully saturated rings. The van der Waals surface area contributed by atoms with Crippen LogP contribution in [0.2, 0.25) is 5.15 Å². The quantitative estimate of drug-likeness (QED) is 0.639. The van der Waals surface area contributed by atoms with Gasteiger partial charge in [-0.3, -0.25) is 0 Å². The van der Waals surface area contributed by atoms with E-state index >= 15 is 0 Å². The minimum Gasteiger partial charge on any atom is -0.392 e. The SMILES string of the molecule is N#Cc1cnc(Cl)c(CO)c1. The van der Waals surface area contributed by atoms with E-state index in [0.29, 0.717) is 11.1 Å². The summed E-state index contributed by atoms with van der Waals surface area (Å²) in [5.41, 5.74) is 0.879. The zero-order valence-corrected chi connectivity index (χ0v) is 6.34. The lowest BCUT2D eigenvalue weighted by Crippen LogP contribution is -1.89. The molecule has 0 amide bonds. The number of nitriles is 1. The molecule has 0 radical (unpaired) electrons. The normalized spacial score (nSPS) is 9.18. The van der Waals surface area contributed by atoms with Crippen LogP contribution in [-0.2, 0) is 6.61 Å². The van der Waals surface area contributed by atoms with Gasteiger partial charge in [0.1, 0.15) is 11.2 Å². The molecule has 0 unspecified atom stereocenters. The van der Waals surface area contributed by atoms with Crippen LogP contribution in [0.4, 0.5) is 0 Å². The third-order valence-corrected chi connectivity index (χ3v) is 1.55. The number of pyridine rings is 1. The highest BCUT2D eigenvalue weighted by molar-refractivity contribution is 6.30. The van der Waals surface area contributed by atoms with E-state index in [2.05, 4.69) is 4.98 Å². The Morgan fingerprint density at radius 2 is 2.45 bits per heavy atom. The second-order valence-corrected chi connectivity index (χ2v) is 2.30. The van der Waals surface area contributed by atoms with E-state index in [1.54, 1.807) is 0 Å². The van der Waals surface area contributed by atoms with Gasteiger partial charge in [-0.2, -0.15) is 5.26 Å². The fourth-order valence-corrected chi connectivity index (χ4v) is 0.829. The molecule has 1 N–H and O–H groups in total. The number of aliphatic hydroxyl groups is 1. The van der Waals surface area contributed by atoms with Crippen LogP contribution in [0.1, 0.15) is 11.1 Å². The summed E-state index contributed by atoms with van der Waals surface area (Å²) in [6, 6.07) is 3.41. The Bertz CT molecular complexity index is 306. The topological polar surface area (TPSA) is 56.9 Å². The summed E-state index contributed by atoms with van der Waals surface area (Å²) in [5.74, 6) is 0. The van der Waals surface area contributed by atoms with Gasteiger partial charge >= 0.3 is 0 Å². The van der Waals surface area contributed by atoms with Crippen LogP contribution in [0.15, 0.2) is 12.3 Å². The Labute approximate surface area is 68.9 Å². The molecular formula is C7H5ClN2O. The van der Waals surface area contributed by atoms with Crippen LogP contribution < -0.4 is 0 Å². The predicted molar refractivity (Wildman–Crippen MR) is 39.9 cm³/mol. The summed E-state index contributed by atoms with van der Waals surface area (Å²) in [5, 5.41) is 17.4. The number of rotatable bonds is 1. The molecule has 1 rings (SSSR count). The second-order valence-electron chi connectivity index (χ2n) is 1.94. The van der Waals surface area contributed by atoms with Gasteiger partial charge in [-0.1, -0.05) is 11.6 Å². The molecule has 0 aliphatic heterocycles. The van der Waals surface area contributed by atoms with E-state index < -0.39 is 0 Å². The summed E-state index contributed by atoms with van der Waals surface area (Å²) < 4.78 is 0. The van der Waals surface area contributed by atoms with Crippen molar-refractivity contribution in [3.05, 3.63) is 28.5 Å². The van der Waals surface area contributed by atoms with E-state index in [1.807, 2.05) is 6.07 Å². The summed E-state index contributed by atoms with van der Waals surface area (Å²) in [6.45, 7) is -0.193. The standard InChI is InChI=1S/C7H5ClN2O/c8-7-6(4-11)1-5(2-9)3-10-7/h1,3,11H,4H2. The Hall–Kier alpha value is -1.11. The van der Waals surface area contributed by atoms with Crippen molar-refractivity contribution >= 4 is 11.6 Å². The lowest BCUT2D eigenvalue weighted by molar-refractivity contribution is 0.281. The van der Waals surface area contributed by atoms with Gasteiger partial charge in [0.25, 0.3) is 0 Å². The third kappa shape index (κ3) is 1.67. The van der Waals surface area contributed by atoms with Crippen LogP contribution in [0, 0.1) is 11.3 Å². The second kappa shape index (κ2) is 3.33. The number of hydrogen-bond acceptors (Lipinski definition) is 3. The average Bonchev–Trinajstić information content (AvgIpc) is 2.05. The molecule has 56 valence electrons. The molecule has 3 nitrogen and oxygen atoms in total. The van der Waals surface area contributed by atoms with E-state index in [0.717, 1.165) is 0 Å². The van der Waals surface area contributed by atoms with Gasteiger partial charge in [-0.25, -0.2) is 4.98 Å². The van der Waals surface area contributed by atoms with Gasteiger partial charge in [0.15, 0.2) is 0 Å². The molecule has 1 heterocycles. The zero-order chi connectivity index (χ0) is 8.27. The van der Waals surface area contributed by atoms with Crippen molar-refractivity contribution in [2.75, 3.05) is 0 Å². The maximum Gasteiger partial charge on any atom is 0.134 e. The number of aromatic nitrogens is 1. The third-order valence-electron chi connectivity index (χ3n) is 1.21. The van der Waals surface area contributed by atoms with Crippen LogP contribution in [-0.4, -0.2) is 10.1 Å². The molecule has 1 aromatic rings. The molecule has 0 aliphatic carbocycles. The molecule has 0 atom stereocenters. The van der Waals surface area contributed by atoms with Gasteiger partial charge in [0.2, 0.25) is 0 Å². The minimum atomic E-state index is -0.193. The Morgan fingerprint density at radius 1 is 1.73 bits per heavy atom. The summed E-state index contributed by atoms with van der Waals surface area (Å²) >= 11 is 5.57. The van der Waals surface area contributed by atoms with Crippen LogP contribution in [0.3, 0.4) is 0 Å². The van der Waals surface area contributed by atoms with Crippen LogP contribution in [0.5, 0.6) is 0 Å².